The monoisotopic (exact) mass is 432 g/mol. The van der Waals surface area contributed by atoms with E-state index >= 15 is 0 Å². The summed E-state index contributed by atoms with van der Waals surface area (Å²) in [5, 5.41) is 7.48. The van der Waals surface area contributed by atoms with E-state index in [0.29, 0.717) is 25.4 Å². The Balaban J connectivity index is 1.61. The molecule has 168 valence electrons. The van der Waals surface area contributed by atoms with Crippen LogP contribution in [-0.4, -0.2) is 39.6 Å². The molecule has 0 unspecified atom stereocenters. The molecule has 1 fully saturated rings. The Hall–Kier alpha value is -2.99. The molecule has 6 nitrogen and oxygen atoms in total. The molecule has 1 atom stereocenters. The summed E-state index contributed by atoms with van der Waals surface area (Å²) in [5.74, 6) is 1.18. The van der Waals surface area contributed by atoms with E-state index in [0.717, 1.165) is 42.1 Å². The summed E-state index contributed by atoms with van der Waals surface area (Å²) >= 11 is 0. The molecule has 0 aliphatic carbocycles. The van der Waals surface area contributed by atoms with Gasteiger partial charge in [-0.3, -0.25) is 14.7 Å². The lowest BCUT2D eigenvalue weighted by molar-refractivity contribution is -0.132. The number of benzene rings is 1. The van der Waals surface area contributed by atoms with E-state index in [1.54, 1.807) is 6.20 Å². The molecule has 4 rings (SSSR count). The van der Waals surface area contributed by atoms with Crippen molar-refractivity contribution >= 4 is 5.91 Å². The fourth-order valence-electron chi connectivity index (χ4n) is 4.40. The molecule has 1 N–H and O–H groups in total. The van der Waals surface area contributed by atoms with Gasteiger partial charge in [0, 0.05) is 37.3 Å². The number of aryl methyl sites for hydroxylation is 1. The van der Waals surface area contributed by atoms with E-state index < -0.39 is 5.54 Å². The summed E-state index contributed by atoms with van der Waals surface area (Å²) < 4.78 is 5.74. The standard InChI is InChI=1S/C26H32N4O2/c1-19(2)17-28-25(31)26(12-6-14-30(26)18-22-7-4-5-13-27-22)16-23-15-24(29-32-23)21-10-8-20(3)9-11-21/h4-5,7-11,13,15,19H,6,12,14,16-18H2,1-3H3,(H,28,31)/t26-/m1/s1. The smallest absolute Gasteiger partial charge is 0.241 e. The van der Waals surface area contributed by atoms with E-state index in [1.807, 2.05) is 36.4 Å². The highest BCUT2D eigenvalue weighted by Gasteiger charge is 2.48. The van der Waals surface area contributed by atoms with E-state index in [-0.39, 0.29) is 5.91 Å². The van der Waals surface area contributed by atoms with Gasteiger partial charge in [0.2, 0.25) is 5.91 Å². The second-order valence-electron chi connectivity index (χ2n) is 9.20. The van der Waals surface area contributed by atoms with Gasteiger partial charge in [0.25, 0.3) is 0 Å². The summed E-state index contributed by atoms with van der Waals surface area (Å²) in [6.07, 6.45) is 4.03. The second kappa shape index (κ2) is 9.65. The molecule has 3 aromatic rings. The molecule has 0 saturated carbocycles. The summed E-state index contributed by atoms with van der Waals surface area (Å²) in [5.41, 5.74) is 3.31. The Labute approximate surface area is 190 Å². The van der Waals surface area contributed by atoms with Crippen molar-refractivity contribution in [3.8, 4) is 11.3 Å². The Morgan fingerprint density at radius 1 is 1.22 bits per heavy atom. The quantitative estimate of drug-likeness (QED) is 0.571. The molecule has 1 aliphatic heterocycles. The first kappa shape index (κ1) is 22.2. The first-order valence-corrected chi connectivity index (χ1v) is 11.4. The van der Waals surface area contributed by atoms with Crippen LogP contribution < -0.4 is 5.32 Å². The minimum atomic E-state index is -0.670. The van der Waals surface area contributed by atoms with Crippen molar-refractivity contribution in [3.63, 3.8) is 0 Å². The molecule has 1 aromatic carbocycles. The first-order chi connectivity index (χ1) is 15.5. The van der Waals surface area contributed by atoms with Gasteiger partial charge in [0.15, 0.2) is 0 Å². The molecule has 1 aliphatic rings. The number of hydrogen-bond acceptors (Lipinski definition) is 5. The third-order valence-corrected chi connectivity index (χ3v) is 6.17. The van der Waals surface area contributed by atoms with Gasteiger partial charge in [0.05, 0.1) is 5.69 Å². The van der Waals surface area contributed by atoms with Crippen molar-refractivity contribution in [2.24, 2.45) is 5.92 Å². The van der Waals surface area contributed by atoms with Gasteiger partial charge in [0.1, 0.15) is 17.0 Å². The number of nitrogens with one attached hydrogen (secondary N) is 1. The Morgan fingerprint density at radius 2 is 2.03 bits per heavy atom. The molecule has 3 heterocycles. The van der Waals surface area contributed by atoms with Crippen LogP contribution in [0.5, 0.6) is 0 Å². The predicted octanol–water partition coefficient (Wildman–Crippen LogP) is 4.39. The van der Waals surface area contributed by atoms with Gasteiger partial charge in [-0.2, -0.15) is 0 Å². The van der Waals surface area contributed by atoms with Gasteiger partial charge in [-0.25, -0.2) is 0 Å². The molecular formula is C26H32N4O2. The highest BCUT2D eigenvalue weighted by molar-refractivity contribution is 5.87. The summed E-state index contributed by atoms with van der Waals surface area (Å²) in [6, 6.07) is 16.1. The molecule has 1 amide bonds. The zero-order valence-corrected chi connectivity index (χ0v) is 19.2. The summed E-state index contributed by atoms with van der Waals surface area (Å²) in [4.78, 5) is 20.3. The first-order valence-electron chi connectivity index (χ1n) is 11.4. The number of amides is 1. The number of hydrogen-bond donors (Lipinski definition) is 1. The van der Waals surface area contributed by atoms with Crippen LogP contribution in [0.4, 0.5) is 0 Å². The van der Waals surface area contributed by atoms with Crippen LogP contribution in [0.1, 0.15) is 43.7 Å². The third kappa shape index (κ3) is 4.91. The van der Waals surface area contributed by atoms with E-state index in [4.69, 9.17) is 4.52 Å². The molecular weight excluding hydrogens is 400 g/mol. The van der Waals surface area contributed by atoms with Crippen LogP contribution in [0.3, 0.4) is 0 Å². The number of aromatic nitrogens is 2. The molecule has 0 spiro atoms. The number of rotatable bonds is 8. The van der Waals surface area contributed by atoms with Crippen molar-refractivity contribution < 1.29 is 9.32 Å². The SMILES string of the molecule is Cc1ccc(-c2cc(C[C@@]3(C(=O)NCC(C)C)CCCN3Cc3ccccn3)on2)cc1. The molecule has 32 heavy (non-hydrogen) atoms. The number of nitrogens with zero attached hydrogens (tertiary/aromatic N) is 3. The lowest BCUT2D eigenvalue weighted by Crippen LogP contribution is -2.57. The minimum Gasteiger partial charge on any atom is -0.361 e. The summed E-state index contributed by atoms with van der Waals surface area (Å²) in [7, 11) is 0. The number of carbonyl (C=O) groups excluding carboxylic acids is 1. The normalized spacial score (nSPS) is 18.9. The van der Waals surface area contributed by atoms with E-state index in [1.165, 1.54) is 5.56 Å². The average molecular weight is 433 g/mol. The van der Waals surface area contributed by atoms with Gasteiger partial charge in [-0.15, -0.1) is 0 Å². The summed E-state index contributed by atoms with van der Waals surface area (Å²) in [6.45, 7) is 8.42. The zero-order valence-electron chi connectivity index (χ0n) is 19.2. The Bertz CT molecular complexity index is 1030. The van der Waals surface area contributed by atoms with Crippen molar-refractivity contribution in [1.29, 1.82) is 0 Å². The molecule has 0 bridgehead atoms. The number of carbonyl (C=O) groups is 1. The fourth-order valence-corrected chi connectivity index (χ4v) is 4.40. The minimum absolute atomic E-state index is 0.0629. The second-order valence-corrected chi connectivity index (χ2v) is 9.20. The van der Waals surface area contributed by atoms with Crippen molar-refractivity contribution in [2.45, 2.75) is 52.1 Å². The fraction of sp³-hybridized carbons (Fsp3) is 0.423. The van der Waals surface area contributed by atoms with E-state index in [9.17, 15) is 4.79 Å². The van der Waals surface area contributed by atoms with E-state index in [2.05, 4.69) is 53.3 Å². The third-order valence-electron chi connectivity index (χ3n) is 6.17. The number of pyridine rings is 1. The largest absolute Gasteiger partial charge is 0.361 e. The van der Waals surface area contributed by atoms with Gasteiger partial charge in [-0.1, -0.05) is 54.9 Å². The zero-order chi connectivity index (χ0) is 22.6. The molecule has 0 radical (unpaired) electrons. The van der Waals surface area contributed by atoms with Crippen molar-refractivity contribution in [3.05, 3.63) is 71.7 Å². The maximum absolute atomic E-state index is 13.6. The highest BCUT2D eigenvalue weighted by Crippen LogP contribution is 2.35. The van der Waals surface area contributed by atoms with Crippen molar-refractivity contribution in [2.75, 3.05) is 13.1 Å². The topological polar surface area (TPSA) is 71.3 Å². The lowest BCUT2D eigenvalue weighted by Gasteiger charge is -2.36. The lowest BCUT2D eigenvalue weighted by atomic mass is 9.88. The van der Waals surface area contributed by atoms with Crippen LogP contribution in [0.15, 0.2) is 59.3 Å². The van der Waals surface area contributed by atoms with Crippen LogP contribution in [0.2, 0.25) is 0 Å². The Morgan fingerprint density at radius 3 is 2.75 bits per heavy atom. The molecule has 2 aromatic heterocycles. The van der Waals surface area contributed by atoms with Crippen LogP contribution in [0, 0.1) is 12.8 Å². The van der Waals surface area contributed by atoms with Crippen LogP contribution >= 0.6 is 0 Å². The Kier molecular flexibility index (Phi) is 6.70. The van der Waals surface area contributed by atoms with Crippen molar-refractivity contribution in [1.82, 2.24) is 20.4 Å². The maximum atomic E-state index is 13.6. The highest BCUT2D eigenvalue weighted by atomic mass is 16.5. The van der Waals surface area contributed by atoms with Gasteiger partial charge in [-0.05, 0) is 44.4 Å². The predicted molar refractivity (Wildman–Crippen MR) is 125 cm³/mol. The number of likely N-dealkylation sites (tertiary alicyclic amines) is 1. The van der Waals surface area contributed by atoms with Crippen LogP contribution in [0.25, 0.3) is 11.3 Å². The molecule has 6 heteroatoms. The molecule has 1 saturated heterocycles. The van der Waals surface area contributed by atoms with Crippen LogP contribution in [-0.2, 0) is 17.8 Å². The van der Waals surface area contributed by atoms with Gasteiger partial charge >= 0.3 is 0 Å². The van der Waals surface area contributed by atoms with Gasteiger partial charge < -0.3 is 9.84 Å². The average Bonchev–Trinajstić information content (AvgIpc) is 3.41. The maximum Gasteiger partial charge on any atom is 0.241 e.